The molecule has 1 rings (SSSR count). The summed E-state index contributed by atoms with van der Waals surface area (Å²) < 4.78 is 39.8. The van der Waals surface area contributed by atoms with Gasteiger partial charge in [0.15, 0.2) is 0 Å². The van der Waals surface area contributed by atoms with Crippen molar-refractivity contribution in [3.8, 4) is 0 Å². The monoisotopic (exact) mass is 227 g/mol. The summed E-state index contributed by atoms with van der Waals surface area (Å²) in [5.41, 5.74) is 5.13. The molecule has 0 aliphatic heterocycles. The van der Waals surface area contributed by atoms with Crippen LogP contribution in [0.15, 0.2) is 0 Å². The zero-order chi connectivity index (χ0) is 10.8. The molecule has 0 atom stereocenters. The fraction of sp³-hybridized carbons (Fsp3) is 0.875. The lowest BCUT2D eigenvalue weighted by Gasteiger charge is -2.15. The molecule has 0 amide bonds. The van der Waals surface area contributed by atoms with Gasteiger partial charge in [-0.25, -0.2) is 0 Å². The molecule has 1 aliphatic rings. The molecule has 0 bridgehead atoms. The van der Waals surface area contributed by atoms with E-state index in [2.05, 4.69) is 4.74 Å². The van der Waals surface area contributed by atoms with Crippen molar-refractivity contribution in [1.29, 1.82) is 0 Å². The lowest BCUT2D eigenvalue weighted by molar-refractivity contribution is -0.177. The highest BCUT2D eigenvalue weighted by molar-refractivity contribution is 7.80. The molecular weight excluding hydrogens is 215 g/mol. The van der Waals surface area contributed by atoms with Crippen LogP contribution in [0.1, 0.15) is 19.3 Å². The largest absolute Gasteiger partial charge is 0.411 e. The quantitative estimate of drug-likeness (QED) is 0.730. The van der Waals surface area contributed by atoms with Crippen molar-refractivity contribution in [2.24, 2.45) is 11.1 Å². The molecule has 6 heteroatoms. The van der Waals surface area contributed by atoms with Gasteiger partial charge in [0.25, 0.3) is 0 Å². The van der Waals surface area contributed by atoms with Crippen molar-refractivity contribution >= 4 is 17.2 Å². The number of alkyl halides is 3. The van der Waals surface area contributed by atoms with Crippen molar-refractivity contribution in [3.05, 3.63) is 0 Å². The summed E-state index contributed by atoms with van der Waals surface area (Å²) in [6, 6.07) is 0. The third-order valence-corrected chi connectivity index (χ3v) is 2.32. The average molecular weight is 227 g/mol. The fourth-order valence-electron chi connectivity index (χ4n) is 1.30. The maximum Gasteiger partial charge on any atom is 0.411 e. The molecule has 0 aromatic rings. The third kappa shape index (κ3) is 4.23. The summed E-state index contributed by atoms with van der Waals surface area (Å²) >= 11 is 4.71. The molecule has 1 saturated carbocycles. The highest BCUT2D eigenvalue weighted by atomic mass is 32.1. The summed E-state index contributed by atoms with van der Waals surface area (Å²) in [5.74, 6) is 0. The van der Waals surface area contributed by atoms with Crippen LogP contribution in [-0.4, -0.2) is 24.4 Å². The maximum absolute atomic E-state index is 11.7. The van der Waals surface area contributed by atoms with Gasteiger partial charge >= 0.3 is 6.18 Å². The number of rotatable bonds is 5. The molecular formula is C8H12F3NOS. The number of hydrogen-bond acceptors (Lipinski definition) is 2. The van der Waals surface area contributed by atoms with Crippen LogP contribution >= 0.6 is 12.2 Å². The Bertz CT molecular complexity index is 225. The third-order valence-electron chi connectivity index (χ3n) is 2.18. The van der Waals surface area contributed by atoms with E-state index >= 15 is 0 Å². The van der Waals surface area contributed by atoms with E-state index in [1.807, 2.05) is 0 Å². The van der Waals surface area contributed by atoms with E-state index < -0.39 is 12.8 Å². The van der Waals surface area contributed by atoms with E-state index in [1.165, 1.54) is 0 Å². The Morgan fingerprint density at radius 2 is 2.00 bits per heavy atom. The molecule has 1 fully saturated rings. The average Bonchev–Trinajstić information content (AvgIpc) is 2.64. The van der Waals surface area contributed by atoms with E-state index in [4.69, 9.17) is 18.0 Å². The highest BCUT2D eigenvalue weighted by Gasteiger charge is 2.44. The van der Waals surface area contributed by atoms with Gasteiger partial charge in [-0.2, -0.15) is 13.2 Å². The zero-order valence-electron chi connectivity index (χ0n) is 7.56. The van der Waals surface area contributed by atoms with Crippen LogP contribution in [0.2, 0.25) is 0 Å². The number of halogens is 3. The second kappa shape index (κ2) is 4.02. The first-order valence-corrected chi connectivity index (χ1v) is 4.67. The molecule has 0 radical (unpaired) electrons. The van der Waals surface area contributed by atoms with Gasteiger partial charge in [0.1, 0.15) is 6.61 Å². The Hall–Kier alpha value is -0.360. The SMILES string of the molecule is NC(=S)CC1(COCC(F)(F)F)CC1. The maximum atomic E-state index is 11.7. The number of nitrogens with two attached hydrogens (primary N) is 1. The zero-order valence-corrected chi connectivity index (χ0v) is 8.38. The van der Waals surface area contributed by atoms with Gasteiger partial charge in [-0.1, -0.05) is 12.2 Å². The van der Waals surface area contributed by atoms with Crippen LogP contribution in [-0.2, 0) is 4.74 Å². The number of hydrogen-bond donors (Lipinski definition) is 1. The Balaban J connectivity index is 2.21. The standard InChI is InChI=1S/C8H12F3NOS/c9-8(10,11)5-13-4-7(1-2-7)3-6(12)14/h1-5H2,(H2,12,14). The normalized spacial score (nSPS) is 19.4. The Kier molecular flexibility index (Phi) is 3.36. The van der Waals surface area contributed by atoms with Crippen LogP contribution < -0.4 is 5.73 Å². The fourth-order valence-corrected chi connectivity index (χ4v) is 1.61. The van der Waals surface area contributed by atoms with Crippen molar-refractivity contribution in [3.63, 3.8) is 0 Å². The van der Waals surface area contributed by atoms with Crippen molar-refractivity contribution < 1.29 is 17.9 Å². The number of ether oxygens (including phenoxy) is 1. The second-order valence-corrected chi connectivity index (χ2v) is 4.28. The Morgan fingerprint density at radius 1 is 1.43 bits per heavy atom. The predicted octanol–water partition coefficient (Wildman–Crippen LogP) is 2.02. The molecule has 0 saturated heterocycles. The minimum absolute atomic E-state index is 0.101. The summed E-state index contributed by atoms with van der Waals surface area (Å²) in [4.78, 5) is 0.345. The first kappa shape index (κ1) is 11.7. The van der Waals surface area contributed by atoms with Crippen molar-refractivity contribution in [1.82, 2.24) is 0 Å². The molecule has 0 aromatic heterocycles. The van der Waals surface area contributed by atoms with Gasteiger partial charge in [0.2, 0.25) is 0 Å². The smallest absolute Gasteiger partial charge is 0.393 e. The summed E-state index contributed by atoms with van der Waals surface area (Å²) in [5, 5.41) is 0. The number of thiocarbonyl (C=S) groups is 1. The molecule has 2 nitrogen and oxygen atoms in total. The lowest BCUT2D eigenvalue weighted by Crippen LogP contribution is -2.23. The van der Waals surface area contributed by atoms with Gasteiger partial charge in [-0.05, 0) is 12.8 Å². The van der Waals surface area contributed by atoms with Crippen molar-refractivity contribution in [2.75, 3.05) is 13.2 Å². The molecule has 82 valence electrons. The Labute approximate surface area is 85.6 Å². The summed E-state index contributed by atoms with van der Waals surface area (Å²) in [6.45, 7) is -1.09. The first-order chi connectivity index (χ1) is 6.33. The predicted molar refractivity (Wildman–Crippen MR) is 49.9 cm³/mol. The topological polar surface area (TPSA) is 35.2 Å². The van der Waals surface area contributed by atoms with Crippen molar-refractivity contribution in [2.45, 2.75) is 25.4 Å². The first-order valence-electron chi connectivity index (χ1n) is 4.26. The van der Waals surface area contributed by atoms with Crippen LogP contribution in [0.25, 0.3) is 0 Å². The summed E-state index contributed by atoms with van der Waals surface area (Å²) in [6.07, 6.45) is -2.07. The van der Waals surface area contributed by atoms with Crippen LogP contribution in [0.4, 0.5) is 13.2 Å². The molecule has 2 N–H and O–H groups in total. The van der Waals surface area contributed by atoms with Gasteiger partial charge < -0.3 is 10.5 Å². The summed E-state index contributed by atoms with van der Waals surface area (Å²) in [7, 11) is 0. The van der Waals surface area contributed by atoms with E-state index in [0.717, 1.165) is 12.8 Å². The molecule has 1 aliphatic carbocycles. The van der Waals surface area contributed by atoms with Crippen LogP contribution in [0.5, 0.6) is 0 Å². The molecule has 0 unspecified atom stereocenters. The minimum Gasteiger partial charge on any atom is -0.393 e. The van der Waals surface area contributed by atoms with Gasteiger partial charge in [0.05, 0.1) is 11.6 Å². The molecule has 14 heavy (non-hydrogen) atoms. The van der Waals surface area contributed by atoms with E-state index in [0.29, 0.717) is 11.4 Å². The highest BCUT2D eigenvalue weighted by Crippen LogP contribution is 2.49. The van der Waals surface area contributed by atoms with Gasteiger partial charge in [-0.15, -0.1) is 0 Å². The van der Waals surface area contributed by atoms with Gasteiger partial charge in [-0.3, -0.25) is 0 Å². The van der Waals surface area contributed by atoms with E-state index in [9.17, 15) is 13.2 Å². The second-order valence-electron chi connectivity index (χ2n) is 3.75. The van der Waals surface area contributed by atoms with E-state index in [-0.39, 0.29) is 12.0 Å². The van der Waals surface area contributed by atoms with Crippen LogP contribution in [0.3, 0.4) is 0 Å². The molecule has 0 spiro atoms. The minimum atomic E-state index is -4.25. The Morgan fingerprint density at radius 3 is 2.36 bits per heavy atom. The van der Waals surface area contributed by atoms with E-state index in [1.54, 1.807) is 0 Å². The lowest BCUT2D eigenvalue weighted by atomic mass is 10.0. The van der Waals surface area contributed by atoms with Crippen LogP contribution in [0, 0.1) is 5.41 Å². The molecule has 0 aromatic carbocycles. The molecule has 0 heterocycles. The van der Waals surface area contributed by atoms with Gasteiger partial charge in [0, 0.05) is 11.8 Å².